The first-order chi connectivity index (χ1) is 8.09. The lowest BCUT2D eigenvalue weighted by molar-refractivity contribution is 0.111. The molecule has 1 aromatic heterocycles. The lowest BCUT2D eigenvalue weighted by atomic mass is 10.2. The molecule has 1 N–H and O–H groups in total. The molecular formula is C13H25N3O. The van der Waals surface area contributed by atoms with Gasteiger partial charge in [0.1, 0.15) is 0 Å². The molecule has 0 fully saturated rings. The van der Waals surface area contributed by atoms with Crippen LogP contribution in [0, 0.1) is 5.92 Å². The van der Waals surface area contributed by atoms with Gasteiger partial charge in [0.25, 0.3) is 0 Å². The Kier molecular flexibility index (Phi) is 6.22. The second-order valence-electron chi connectivity index (χ2n) is 5.03. The SMILES string of the molecule is CC(C)COCCNCc1ccn(C(C)C)n1. The Morgan fingerprint density at radius 3 is 2.71 bits per heavy atom. The fraction of sp³-hybridized carbons (Fsp3) is 0.769. The van der Waals surface area contributed by atoms with Gasteiger partial charge >= 0.3 is 0 Å². The van der Waals surface area contributed by atoms with Crippen LogP contribution in [0.3, 0.4) is 0 Å². The summed E-state index contributed by atoms with van der Waals surface area (Å²) in [6, 6.07) is 2.49. The van der Waals surface area contributed by atoms with Gasteiger partial charge in [-0.3, -0.25) is 4.68 Å². The summed E-state index contributed by atoms with van der Waals surface area (Å²) in [5, 5.41) is 7.80. The van der Waals surface area contributed by atoms with E-state index in [1.54, 1.807) is 0 Å². The molecular weight excluding hydrogens is 214 g/mol. The Bertz CT molecular complexity index is 307. The number of hydrogen-bond acceptors (Lipinski definition) is 3. The van der Waals surface area contributed by atoms with Gasteiger partial charge in [-0.15, -0.1) is 0 Å². The third-order valence-corrected chi connectivity index (χ3v) is 2.37. The minimum atomic E-state index is 0.429. The predicted molar refractivity (Wildman–Crippen MR) is 70.0 cm³/mol. The molecule has 0 amide bonds. The lowest BCUT2D eigenvalue weighted by Crippen LogP contribution is -2.20. The first-order valence-electron chi connectivity index (χ1n) is 6.42. The highest BCUT2D eigenvalue weighted by Crippen LogP contribution is 2.03. The second kappa shape index (κ2) is 7.45. The van der Waals surface area contributed by atoms with Crippen LogP contribution in [0.25, 0.3) is 0 Å². The first kappa shape index (κ1) is 14.2. The number of rotatable bonds is 8. The van der Waals surface area contributed by atoms with Gasteiger partial charge in [0.05, 0.1) is 12.3 Å². The van der Waals surface area contributed by atoms with Crippen molar-refractivity contribution in [3.05, 3.63) is 18.0 Å². The van der Waals surface area contributed by atoms with Crippen LogP contribution in [0.15, 0.2) is 12.3 Å². The average molecular weight is 239 g/mol. The van der Waals surface area contributed by atoms with Crippen LogP contribution < -0.4 is 5.32 Å². The number of ether oxygens (including phenoxy) is 1. The minimum absolute atomic E-state index is 0.429. The van der Waals surface area contributed by atoms with Gasteiger partial charge < -0.3 is 10.1 Å². The van der Waals surface area contributed by atoms with Gasteiger partial charge in [-0.25, -0.2) is 0 Å². The molecule has 4 heteroatoms. The van der Waals surface area contributed by atoms with E-state index in [1.807, 2.05) is 10.9 Å². The van der Waals surface area contributed by atoms with Crippen LogP contribution in [0.5, 0.6) is 0 Å². The summed E-state index contributed by atoms with van der Waals surface area (Å²) in [6.07, 6.45) is 2.02. The van der Waals surface area contributed by atoms with Crippen LogP contribution in [0.2, 0.25) is 0 Å². The molecule has 0 aliphatic carbocycles. The Balaban J connectivity index is 2.09. The molecule has 0 radical (unpaired) electrons. The smallest absolute Gasteiger partial charge is 0.0762 e. The highest BCUT2D eigenvalue weighted by atomic mass is 16.5. The predicted octanol–water partition coefficient (Wildman–Crippen LogP) is 2.23. The molecule has 0 unspecified atom stereocenters. The number of nitrogens with zero attached hydrogens (tertiary/aromatic N) is 2. The van der Waals surface area contributed by atoms with E-state index in [0.717, 1.165) is 32.0 Å². The largest absolute Gasteiger partial charge is 0.380 e. The standard InChI is InChI=1S/C13H25N3O/c1-11(2)10-17-8-6-14-9-13-5-7-16(15-13)12(3)4/h5,7,11-12,14H,6,8-10H2,1-4H3. The molecule has 0 saturated carbocycles. The fourth-order valence-electron chi connectivity index (χ4n) is 1.44. The summed E-state index contributed by atoms with van der Waals surface area (Å²) in [5.41, 5.74) is 1.09. The Hall–Kier alpha value is -0.870. The Morgan fingerprint density at radius 1 is 1.35 bits per heavy atom. The molecule has 1 heterocycles. The molecule has 1 rings (SSSR count). The van der Waals surface area contributed by atoms with Crippen molar-refractivity contribution in [2.45, 2.75) is 40.3 Å². The average Bonchev–Trinajstić information content (AvgIpc) is 2.71. The van der Waals surface area contributed by atoms with Gasteiger partial charge in [-0.05, 0) is 25.8 Å². The molecule has 0 saturated heterocycles. The van der Waals surface area contributed by atoms with Crippen molar-refractivity contribution >= 4 is 0 Å². The van der Waals surface area contributed by atoms with Crippen molar-refractivity contribution < 1.29 is 4.74 Å². The second-order valence-corrected chi connectivity index (χ2v) is 5.03. The highest BCUT2D eigenvalue weighted by Gasteiger charge is 2.01. The van der Waals surface area contributed by atoms with E-state index < -0.39 is 0 Å². The maximum Gasteiger partial charge on any atom is 0.0762 e. The van der Waals surface area contributed by atoms with E-state index in [4.69, 9.17) is 4.74 Å². The van der Waals surface area contributed by atoms with Crippen molar-refractivity contribution in [2.24, 2.45) is 5.92 Å². The minimum Gasteiger partial charge on any atom is -0.380 e. The van der Waals surface area contributed by atoms with Gasteiger partial charge in [-0.2, -0.15) is 5.10 Å². The molecule has 0 aliphatic rings. The molecule has 4 nitrogen and oxygen atoms in total. The summed E-state index contributed by atoms with van der Waals surface area (Å²) in [4.78, 5) is 0. The summed E-state index contributed by atoms with van der Waals surface area (Å²) in [6.45, 7) is 11.9. The normalized spacial score (nSPS) is 11.6. The molecule has 0 bridgehead atoms. The number of hydrogen-bond donors (Lipinski definition) is 1. The van der Waals surface area contributed by atoms with Crippen molar-refractivity contribution in [3.63, 3.8) is 0 Å². The topological polar surface area (TPSA) is 39.1 Å². The summed E-state index contributed by atoms with van der Waals surface area (Å²) < 4.78 is 7.47. The zero-order chi connectivity index (χ0) is 12.7. The molecule has 0 aromatic carbocycles. The molecule has 0 atom stereocenters. The molecule has 17 heavy (non-hydrogen) atoms. The van der Waals surface area contributed by atoms with E-state index in [9.17, 15) is 0 Å². The quantitative estimate of drug-likeness (QED) is 0.707. The zero-order valence-electron chi connectivity index (χ0n) is 11.4. The van der Waals surface area contributed by atoms with E-state index in [2.05, 4.69) is 44.2 Å². The van der Waals surface area contributed by atoms with Crippen LogP contribution in [-0.4, -0.2) is 29.5 Å². The summed E-state index contributed by atoms with van der Waals surface area (Å²) in [7, 11) is 0. The van der Waals surface area contributed by atoms with Crippen LogP contribution in [0.1, 0.15) is 39.4 Å². The Labute approximate surface area is 104 Å². The molecule has 0 aliphatic heterocycles. The highest BCUT2D eigenvalue weighted by molar-refractivity contribution is 4.98. The van der Waals surface area contributed by atoms with Gasteiger partial charge in [0, 0.05) is 31.9 Å². The summed E-state index contributed by atoms with van der Waals surface area (Å²) >= 11 is 0. The van der Waals surface area contributed by atoms with E-state index in [0.29, 0.717) is 12.0 Å². The third-order valence-electron chi connectivity index (χ3n) is 2.37. The van der Waals surface area contributed by atoms with Crippen LogP contribution >= 0.6 is 0 Å². The maximum atomic E-state index is 5.49. The monoisotopic (exact) mass is 239 g/mol. The van der Waals surface area contributed by atoms with E-state index >= 15 is 0 Å². The van der Waals surface area contributed by atoms with Gasteiger partial charge in [-0.1, -0.05) is 13.8 Å². The Morgan fingerprint density at radius 2 is 2.12 bits per heavy atom. The maximum absolute atomic E-state index is 5.49. The van der Waals surface area contributed by atoms with Crippen LogP contribution in [-0.2, 0) is 11.3 Å². The van der Waals surface area contributed by atoms with Crippen molar-refractivity contribution in [1.29, 1.82) is 0 Å². The van der Waals surface area contributed by atoms with Gasteiger partial charge in [0.15, 0.2) is 0 Å². The van der Waals surface area contributed by atoms with Crippen LogP contribution in [0.4, 0.5) is 0 Å². The van der Waals surface area contributed by atoms with Gasteiger partial charge in [0.2, 0.25) is 0 Å². The number of aromatic nitrogens is 2. The molecule has 1 aromatic rings. The lowest BCUT2D eigenvalue weighted by Gasteiger charge is -2.07. The first-order valence-corrected chi connectivity index (χ1v) is 6.42. The van der Waals surface area contributed by atoms with Crippen molar-refractivity contribution in [1.82, 2.24) is 15.1 Å². The number of nitrogens with one attached hydrogen (secondary N) is 1. The van der Waals surface area contributed by atoms with Crippen molar-refractivity contribution in [2.75, 3.05) is 19.8 Å². The molecule has 0 spiro atoms. The molecule has 98 valence electrons. The fourth-order valence-corrected chi connectivity index (χ4v) is 1.44. The van der Waals surface area contributed by atoms with Crippen molar-refractivity contribution in [3.8, 4) is 0 Å². The van der Waals surface area contributed by atoms with E-state index in [-0.39, 0.29) is 0 Å². The van der Waals surface area contributed by atoms with E-state index in [1.165, 1.54) is 0 Å². The summed E-state index contributed by atoms with van der Waals surface area (Å²) in [5.74, 6) is 0.608. The third kappa shape index (κ3) is 5.84. The zero-order valence-corrected chi connectivity index (χ0v) is 11.4.